The maximum absolute atomic E-state index is 13.3. The van der Waals surface area contributed by atoms with Gasteiger partial charge in [0, 0.05) is 4.47 Å². The van der Waals surface area contributed by atoms with Crippen molar-refractivity contribution < 1.29 is 4.11 Å². The van der Waals surface area contributed by atoms with Gasteiger partial charge in [0.05, 0.1) is 0 Å². The summed E-state index contributed by atoms with van der Waals surface area (Å²) in [5.74, 6) is 0. The van der Waals surface area contributed by atoms with Crippen LogP contribution >= 0.6 is 15.9 Å². The maximum Gasteiger partial charge on any atom is 0.241 e. The Labute approximate surface area is 88.5 Å². The molecule has 0 amide bonds. The van der Waals surface area contributed by atoms with E-state index in [9.17, 15) is 4.11 Å². The van der Waals surface area contributed by atoms with Crippen molar-refractivity contribution >= 4 is 24.3 Å². The number of aryl methyl sites for hydroxylation is 1. The Morgan fingerprint density at radius 3 is 2.23 bits per heavy atom. The monoisotopic (exact) mass is 260 g/mol. The first-order chi connectivity index (χ1) is 5.97. The van der Waals surface area contributed by atoms with E-state index in [2.05, 4.69) is 15.9 Å². The van der Waals surface area contributed by atoms with E-state index in [0.29, 0.717) is 6.04 Å². The van der Waals surface area contributed by atoms with E-state index in [0.717, 1.165) is 10.9 Å². The van der Waals surface area contributed by atoms with Crippen LogP contribution in [0, 0.1) is 0 Å². The minimum Gasteiger partial charge on any atom is -0.314 e. The molecular weight excluding hydrogens is 247 g/mol. The van der Waals surface area contributed by atoms with E-state index in [-0.39, 0.29) is 0 Å². The SMILES string of the molecule is C[Si](C)(F)CCc1ccc(Br)cc1. The molecule has 0 atom stereocenters. The van der Waals surface area contributed by atoms with Crippen LogP contribution in [0.1, 0.15) is 5.56 Å². The summed E-state index contributed by atoms with van der Waals surface area (Å²) in [6.45, 7) is 3.51. The summed E-state index contributed by atoms with van der Waals surface area (Å²) in [7, 11) is -2.37. The zero-order valence-electron chi connectivity index (χ0n) is 7.98. The molecule has 0 aliphatic heterocycles. The highest BCUT2D eigenvalue weighted by molar-refractivity contribution is 9.10. The molecule has 0 saturated carbocycles. The fourth-order valence-electron chi connectivity index (χ4n) is 1.09. The van der Waals surface area contributed by atoms with Gasteiger partial charge < -0.3 is 4.11 Å². The third kappa shape index (κ3) is 4.57. The zero-order valence-corrected chi connectivity index (χ0v) is 10.6. The average molecular weight is 261 g/mol. The van der Waals surface area contributed by atoms with E-state index in [4.69, 9.17) is 0 Å². The van der Waals surface area contributed by atoms with Crippen molar-refractivity contribution in [2.75, 3.05) is 0 Å². The zero-order chi connectivity index (χ0) is 9.90. The summed E-state index contributed by atoms with van der Waals surface area (Å²) < 4.78 is 14.4. The van der Waals surface area contributed by atoms with Crippen LogP contribution in [0.3, 0.4) is 0 Å². The first-order valence-electron chi connectivity index (χ1n) is 4.41. The Kier molecular flexibility index (Phi) is 3.68. The van der Waals surface area contributed by atoms with Gasteiger partial charge in [0.15, 0.2) is 0 Å². The van der Waals surface area contributed by atoms with Crippen LogP contribution in [0.4, 0.5) is 4.11 Å². The van der Waals surface area contributed by atoms with E-state index >= 15 is 0 Å². The van der Waals surface area contributed by atoms with Gasteiger partial charge in [-0.3, -0.25) is 0 Å². The molecule has 0 nitrogen and oxygen atoms in total. The summed E-state index contributed by atoms with van der Waals surface area (Å²) in [5.41, 5.74) is 1.22. The van der Waals surface area contributed by atoms with E-state index in [1.54, 1.807) is 13.1 Å². The van der Waals surface area contributed by atoms with Gasteiger partial charge in [-0.2, -0.15) is 0 Å². The topological polar surface area (TPSA) is 0 Å². The van der Waals surface area contributed by atoms with Crippen LogP contribution in [-0.2, 0) is 6.42 Å². The second kappa shape index (κ2) is 4.38. The Hall–Kier alpha value is -0.153. The lowest BCUT2D eigenvalue weighted by atomic mass is 10.2. The highest BCUT2D eigenvalue weighted by atomic mass is 79.9. The number of benzene rings is 1. The molecule has 0 unspecified atom stereocenters. The van der Waals surface area contributed by atoms with Crippen molar-refractivity contribution in [1.82, 2.24) is 0 Å². The second-order valence-corrected chi connectivity index (χ2v) is 8.70. The van der Waals surface area contributed by atoms with Crippen molar-refractivity contribution in [2.45, 2.75) is 25.6 Å². The van der Waals surface area contributed by atoms with Crippen LogP contribution in [0.15, 0.2) is 28.7 Å². The summed E-state index contributed by atoms with van der Waals surface area (Å²) in [6, 6.07) is 8.81. The molecule has 0 fully saturated rings. The largest absolute Gasteiger partial charge is 0.314 e. The van der Waals surface area contributed by atoms with Crippen LogP contribution < -0.4 is 0 Å². The lowest BCUT2D eigenvalue weighted by molar-refractivity contribution is 0.779. The van der Waals surface area contributed by atoms with Gasteiger partial charge >= 0.3 is 0 Å². The molecule has 0 bridgehead atoms. The molecule has 72 valence electrons. The summed E-state index contributed by atoms with van der Waals surface area (Å²) in [5, 5.41) is 0. The van der Waals surface area contributed by atoms with Crippen molar-refractivity contribution in [3.63, 3.8) is 0 Å². The predicted molar refractivity (Wildman–Crippen MR) is 61.2 cm³/mol. The molecule has 3 heteroatoms. The van der Waals surface area contributed by atoms with Gasteiger partial charge in [0.2, 0.25) is 8.41 Å². The Bertz CT molecular complexity index is 263. The van der Waals surface area contributed by atoms with E-state index < -0.39 is 8.41 Å². The van der Waals surface area contributed by atoms with Crippen molar-refractivity contribution in [3.8, 4) is 0 Å². The molecule has 13 heavy (non-hydrogen) atoms. The standard InChI is InChI=1S/C10H14BrFSi/c1-13(2,12)8-7-9-3-5-10(11)6-4-9/h3-6H,7-8H2,1-2H3. The van der Waals surface area contributed by atoms with Gasteiger partial charge in [0.1, 0.15) is 0 Å². The quantitative estimate of drug-likeness (QED) is 0.566. The minimum absolute atomic E-state index is 0.717. The first-order valence-corrected chi connectivity index (χ1v) is 8.28. The minimum atomic E-state index is -2.37. The second-order valence-electron chi connectivity index (χ2n) is 3.85. The molecule has 1 aromatic rings. The summed E-state index contributed by atoms with van der Waals surface area (Å²) in [6.07, 6.45) is 0.864. The molecule has 0 aromatic heterocycles. The van der Waals surface area contributed by atoms with Gasteiger partial charge in [-0.15, -0.1) is 0 Å². The lowest BCUT2D eigenvalue weighted by Gasteiger charge is -2.10. The van der Waals surface area contributed by atoms with Crippen LogP contribution in [0.25, 0.3) is 0 Å². The molecule has 1 rings (SSSR count). The van der Waals surface area contributed by atoms with Gasteiger partial charge in [-0.1, -0.05) is 28.1 Å². The van der Waals surface area contributed by atoms with Crippen molar-refractivity contribution in [3.05, 3.63) is 34.3 Å². The van der Waals surface area contributed by atoms with Crippen molar-refractivity contribution in [2.24, 2.45) is 0 Å². The molecular formula is C10H14BrFSi. The van der Waals surface area contributed by atoms with Crippen molar-refractivity contribution in [1.29, 1.82) is 0 Å². The van der Waals surface area contributed by atoms with Gasteiger partial charge in [-0.05, 0) is 43.3 Å². The Morgan fingerprint density at radius 1 is 1.23 bits per heavy atom. The van der Waals surface area contributed by atoms with Gasteiger partial charge in [0.25, 0.3) is 0 Å². The molecule has 0 saturated heterocycles. The fraction of sp³-hybridized carbons (Fsp3) is 0.400. The molecule has 1 aromatic carbocycles. The average Bonchev–Trinajstić information content (AvgIpc) is 2.02. The van der Waals surface area contributed by atoms with Crippen LogP contribution in [0.5, 0.6) is 0 Å². The molecule has 0 spiro atoms. The maximum atomic E-state index is 13.3. The molecule has 0 N–H and O–H groups in total. The number of halogens is 2. The molecule has 0 heterocycles. The molecule has 0 aliphatic rings. The number of hydrogen-bond donors (Lipinski definition) is 0. The summed E-state index contributed by atoms with van der Waals surface area (Å²) >= 11 is 3.37. The van der Waals surface area contributed by atoms with Crippen LogP contribution in [0.2, 0.25) is 19.1 Å². The summed E-state index contributed by atoms with van der Waals surface area (Å²) in [4.78, 5) is 0. The molecule has 0 radical (unpaired) electrons. The normalized spacial score (nSPS) is 11.7. The highest BCUT2D eigenvalue weighted by Gasteiger charge is 2.19. The third-order valence-electron chi connectivity index (χ3n) is 1.92. The first kappa shape index (κ1) is 10.9. The van der Waals surface area contributed by atoms with E-state index in [1.807, 2.05) is 24.3 Å². The number of hydrogen-bond acceptors (Lipinski definition) is 0. The molecule has 0 aliphatic carbocycles. The predicted octanol–water partition coefficient (Wildman–Crippen LogP) is 4.17. The van der Waals surface area contributed by atoms with E-state index in [1.165, 1.54) is 5.56 Å². The Morgan fingerprint density at radius 2 is 1.77 bits per heavy atom. The fourth-order valence-corrected chi connectivity index (χ4v) is 2.24. The van der Waals surface area contributed by atoms with Crippen LogP contribution in [-0.4, -0.2) is 8.41 Å². The Balaban J connectivity index is 2.51. The highest BCUT2D eigenvalue weighted by Crippen LogP contribution is 2.17. The lowest BCUT2D eigenvalue weighted by Crippen LogP contribution is -2.18. The van der Waals surface area contributed by atoms with Gasteiger partial charge in [-0.25, -0.2) is 0 Å². The third-order valence-corrected chi connectivity index (χ3v) is 3.89. The smallest absolute Gasteiger partial charge is 0.241 e. The number of rotatable bonds is 3.